The van der Waals surface area contributed by atoms with Gasteiger partial charge in [-0.05, 0) is 60.6 Å². The maximum atomic E-state index is 14.4. The maximum absolute atomic E-state index is 14.4. The van der Waals surface area contributed by atoms with Crippen LogP contribution >= 0.6 is 11.8 Å². The van der Waals surface area contributed by atoms with E-state index in [0.29, 0.717) is 23.9 Å². The van der Waals surface area contributed by atoms with Crippen molar-refractivity contribution >= 4 is 50.8 Å². The van der Waals surface area contributed by atoms with E-state index in [0.717, 1.165) is 17.2 Å². The molecule has 0 spiro atoms. The molecular weight excluding hydrogens is 861 g/mol. The van der Waals surface area contributed by atoms with Crippen LogP contribution in [0.2, 0.25) is 0 Å². The zero-order valence-electron chi connectivity index (χ0n) is 26.6. The third-order valence-electron chi connectivity index (χ3n) is 6.80. The Balaban J connectivity index is 1.90. The van der Waals surface area contributed by atoms with E-state index in [1.54, 1.807) is 6.07 Å². The van der Waals surface area contributed by atoms with Gasteiger partial charge in [0.25, 0.3) is 5.91 Å². The van der Waals surface area contributed by atoms with Gasteiger partial charge in [-0.25, -0.2) is 4.79 Å². The number of para-hydroxylation sites is 1. The number of benzene rings is 2. The molecular formula is C28H16F17N3O6S2. The fourth-order valence-electron chi connectivity index (χ4n) is 3.88. The quantitative estimate of drug-likeness (QED) is 0.0469. The van der Waals surface area contributed by atoms with Crippen molar-refractivity contribution in [1.82, 2.24) is 0 Å². The Morgan fingerprint density at radius 1 is 0.732 bits per heavy atom. The molecule has 56 heavy (non-hydrogen) atoms. The first-order valence-corrected chi connectivity index (χ1v) is 16.3. The van der Waals surface area contributed by atoms with Crippen LogP contribution in [0.3, 0.4) is 0 Å². The number of carbonyl (C=O) groups is 2. The molecule has 2 aromatic carbocycles. The van der Waals surface area contributed by atoms with Crippen LogP contribution in [0.15, 0.2) is 75.8 Å². The molecule has 9 nitrogen and oxygen atoms in total. The van der Waals surface area contributed by atoms with Crippen LogP contribution in [0.5, 0.6) is 5.75 Å². The summed E-state index contributed by atoms with van der Waals surface area (Å²) in [5.74, 6) is -55.6. The Hall–Kier alpha value is -4.63. The number of amidine groups is 1. The van der Waals surface area contributed by atoms with Gasteiger partial charge in [-0.3, -0.25) is 9.69 Å². The second-order valence-electron chi connectivity index (χ2n) is 10.5. The van der Waals surface area contributed by atoms with Gasteiger partial charge >= 0.3 is 63.1 Å². The van der Waals surface area contributed by atoms with Gasteiger partial charge in [0.2, 0.25) is 5.17 Å². The van der Waals surface area contributed by atoms with Crippen LogP contribution < -0.4 is 9.08 Å². The van der Waals surface area contributed by atoms with Crippen LogP contribution in [0, 0.1) is 0 Å². The number of nitrogens with zero attached hydrogens (tertiary/aromatic N) is 3. The molecule has 0 bridgehead atoms. The molecule has 0 radical (unpaired) electrons. The third-order valence-corrected chi connectivity index (χ3v) is 9.06. The molecule has 0 atom stereocenters. The van der Waals surface area contributed by atoms with E-state index in [1.807, 2.05) is 0 Å². The monoisotopic (exact) mass is 877 g/mol. The molecule has 1 fully saturated rings. The highest BCUT2D eigenvalue weighted by atomic mass is 32.2. The fourth-order valence-corrected chi connectivity index (χ4v) is 5.69. The van der Waals surface area contributed by atoms with Crippen molar-refractivity contribution < 1.29 is 102 Å². The highest BCUT2D eigenvalue weighted by molar-refractivity contribution is 8.19. The minimum Gasteiger partial charge on any atom is -0.463 e. The van der Waals surface area contributed by atoms with Gasteiger partial charge in [0.1, 0.15) is 5.75 Å². The summed E-state index contributed by atoms with van der Waals surface area (Å²) >= 11 is 0.628. The third kappa shape index (κ3) is 7.59. The number of thioether (sulfide) groups is 1. The van der Waals surface area contributed by atoms with Crippen molar-refractivity contribution in [3.05, 3.63) is 71.1 Å². The molecule has 1 aliphatic rings. The highest BCUT2D eigenvalue weighted by Gasteiger charge is 2.96. The van der Waals surface area contributed by atoms with E-state index >= 15 is 0 Å². The molecule has 3 rings (SSSR count). The van der Waals surface area contributed by atoms with E-state index in [2.05, 4.69) is 14.4 Å². The number of amides is 1. The van der Waals surface area contributed by atoms with E-state index in [1.165, 1.54) is 31.2 Å². The van der Waals surface area contributed by atoms with Crippen LogP contribution in [-0.4, -0.2) is 85.2 Å². The first-order valence-electron chi connectivity index (χ1n) is 14.1. The van der Waals surface area contributed by atoms with Crippen molar-refractivity contribution in [1.29, 1.82) is 0 Å². The first-order chi connectivity index (χ1) is 25.3. The second kappa shape index (κ2) is 15.0. The molecule has 0 unspecified atom stereocenters. The summed E-state index contributed by atoms with van der Waals surface area (Å²) < 4.78 is 262. The number of rotatable bonds is 14. The van der Waals surface area contributed by atoms with Crippen molar-refractivity contribution in [2.24, 2.45) is 10.2 Å². The molecule has 28 heteroatoms. The van der Waals surface area contributed by atoms with Crippen molar-refractivity contribution in [3.63, 3.8) is 0 Å². The van der Waals surface area contributed by atoms with E-state index < -0.39 is 74.7 Å². The van der Waals surface area contributed by atoms with Crippen LogP contribution in [0.1, 0.15) is 12.5 Å². The van der Waals surface area contributed by atoms with Crippen LogP contribution in [0.4, 0.5) is 80.3 Å². The lowest BCUT2D eigenvalue weighted by Gasteiger charge is -2.42. The highest BCUT2D eigenvalue weighted by Crippen LogP contribution is 2.64. The van der Waals surface area contributed by atoms with Crippen LogP contribution in [0.25, 0.3) is 0 Å². The molecule has 310 valence electrons. The van der Waals surface area contributed by atoms with Gasteiger partial charge in [-0.15, -0.1) is 5.10 Å². The Morgan fingerprint density at radius 3 is 1.70 bits per heavy atom. The van der Waals surface area contributed by atoms with Gasteiger partial charge < -0.3 is 8.92 Å². The summed E-state index contributed by atoms with van der Waals surface area (Å²) in [5, 5.41) is -0.622. The zero-order chi connectivity index (χ0) is 43.1. The van der Waals surface area contributed by atoms with Gasteiger partial charge in [0, 0.05) is 6.08 Å². The Morgan fingerprint density at radius 2 is 1.21 bits per heavy atom. The molecule has 1 amide bonds. The number of ether oxygens (including phenoxy) is 1. The molecule has 0 N–H and O–H groups in total. The standard InChI is InChI=1S/C28H16F17N3O6S2/c1-2-53-18(49)12-17-19(50)48(15-6-4-3-5-7-15)20(55-17)47-46-13-14-8-10-16(11-9-14)54-56(51,52)28(44,45)26(39,40)24(35,36)22(31,32)21(29,30)23(33,34)25(37,38)27(41,42)43/h3-13H,2H2,1H3/b17-12+,46-13+,47-20-. The summed E-state index contributed by atoms with van der Waals surface area (Å²) in [7, 11) is -7.83. The number of anilines is 1. The number of hydrogen-bond acceptors (Lipinski definition) is 9. The topological polar surface area (TPSA) is 115 Å². The normalized spacial score (nSPS) is 17.3. The molecule has 2 aromatic rings. The van der Waals surface area contributed by atoms with E-state index in [-0.39, 0.29) is 40.1 Å². The number of esters is 1. The summed E-state index contributed by atoms with van der Waals surface area (Å²) in [6.45, 7) is 1.45. The van der Waals surface area contributed by atoms with Gasteiger partial charge in [-0.2, -0.15) is 88.2 Å². The number of carbonyl (C=O) groups excluding carboxylic acids is 2. The van der Waals surface area contributed by atoms with Crippen LogP contribution in [-0.2, 0) is 24.4 Å². The van der Waals surface area contributed by atoms with Crippen molar-refractivity contribution in [2.75, 3.05) is 11.5 Å². The number of halogens is 17. The number of hydrogen-bond donors (Lipinski definition) is 0. The minimum absolute atomic E-state index is 0.0391. The molecule has 0 aliphatic carbocycles. The second-order valence-corrected chi connectivity index (χ2v) is 13.1. The lowest BCUT2D eigenvalue weighted by atomic mass is 9.91. The van der Waals surface area contributed by atoms with Gasteiger partial charge in [-0.1, -0.05) is 18.2 Å². The lowest BCUT2D eigenvalue weighted by Crippen LogP contribution is -2.75. The average Bonchev–Trinajstić information content (AvgIpc) is 3.38. The molecule has 1 aliphatic heterocycles. The van der Waals surface area contributed by atoms with E-state index in [4.69, 9.17) is 4.74 Å². The Kier molecular flexibility index (Phi) is 12.3. The Bertz CT molecular complexity index is 2010. The Labute approximate surface area is 304 Å². The summed E-state index contributed by atoms with van der Waals surface area (Å²) in [5.41, 5.74) is 0.0106. The number of alkyl halides is 17. The van der Waals surface area contributed by atoms with E-state index in [9.17, 15) is 92.6 Å². The fraction of sp³-hybridized carbons (Fsp3) is 0.357. The SMILES string of the molecule is CCOC(=O)/C=C1/S/C(=N\N=C\c2ccc(OS(=O)(=O)C(F)(F)C(F)(F)C(F)(F)C(F)(F)C(F)(F)C(F)(F)C(F)(F)C(F)(F)F)cc2)N(c2ccccc2)C1=O. The predicted octanol–water partition coefficient (Wildman–Crippen LogP) is 8.28. The predicted molar refractivity (Wildman–Crippen MR) is 158 cm³/mol. The minimum atomic E-state index is -8.98. The summed E-state index contributed by atoms with van der Waals surface area (Å²) in [6.07, 6.45) is -6.31. The zero-order valence-corrected chi connectivity index (χ0v) is 28.2. The average molecular weight is 878 g/mol. The smallest absolute Gasteiger partial charge is 0.460 e. The molecule has 0 aromatic heterocycles. The van der Waals surface area contributed by atoms with Crippen molar-refractivity contribution in [3.8, 4) is 5.75 Å². The molecule has 1 heterocycles. The summed E-state index contributed by atoms with van der Waals surface area (Å²) in [6, 6.07) is 9.37. The first kappa shape index (κ1) is 45.8. The molecule has 0 saturated carbocycles. The summed E-state index contributed by atoms with van der Waals surface area (Å²) in [4.78, 5) is 25.6. The molecule has 1 saturated heterocycles. The van der Waals surface area contributed by atoms with Crippen molar-refractivity contribution in [2.45, 2.75) is 53.9 Å². The lowest BCUT2D eigenvalue weighted by molar-refractivity contribution is -0.458. The maximum Gasteiger partial charge on any atom is 0.460 e. The largest absolute Gasteiger partial charge is 0.463 e. The van der Waals surface area contributed by atoms with Gasteiger partial charge in [0.15, 0.2) is 0 Å². The van der Waals surface area contributed by atoms with Gasteiger partial charge in [0.05, 0.1) is 23.4 Å².